The van der Waals surface area contributed by atoms with E-state index in [9.17, 15) is 4.79 Å². The maximum Gasteiger partial charge on any atom is 0.331 e. The van der Waals surface area contributed by atoms with E-state index in [-0.39, 0.29) is 5.97 Å². The van der Waals surface area contributed by atoms with Crippen molar-refractivity contribution in [3.05, 3.63) is 12.3 Å². The van der Waals surface area contributed by atoms with E-state index in [0.29, 0.717) is 12.0 Å². The van der Waals surface area contributed by atoms with Crippen molar-refractivity contribution in [1.29, 1.82) is 0 Å². The van der Waals surface area contributed by atoms with Gasteiger partial charge in [0.25, 0.3) is 0 Å². The molecule has 0 aliphatic heterocycles. The van der Waals surface area contributed by atoms with Crippen LogP contribution in [0.2, 0.25) is 0 Å². The molecule has 1 saturated carbocycles. The molecule has 0 amide bonds. The number of hydrogen-bond donors (Lipinski definition) is 0. The van der Waals surface area contributed by atoms with Crippen LogP contribution < -0.4 is 0 Å². The highest BCUT2D eigenvalue weighted by atomic mass is 16.5. The molecule has 14 heavy (non-hydrogen) atoms. The van der Waals surface area contributed by atoms with Gasteiger partial charge in [-0.1, -0.05) is 13.8 Å². The summed E-state index contributed by atoms with van der Waals surface area (Å²) in [4.78, 5) is 13.1. The fourth-order valence-corrected chi connectivity index (χ4v) is 1.38. The summed E-state index contributed by atoms with van der Waals surface area (Å²) in [5.41, 5.74) is 0. The van der Waals surface area contributed by atoms with Gasteiger partial charge < -0.3 is 9.64 Å². The molecule has 0 bridgehead atoms. The number of hydrogen-bond acceptors (Lipinski definition) is 3. The largest absolute Gasteiger partial charge is 0.466 e. The lowest BCUT2D eigenvalue weighted by atomic mass is 10.2. The Kier molecular flexibility index (Phi) is 3.98. The summed E-state index contributed by atoms with van der Waals surface area (Å²) in [5.74, 6) is 0.345. The van der Waals surface area contributed by atoms with Crippen molar-refractivity contribution < 1.29 is 9.53 Å². The van der Waals surface area contributed by atoms with Gasteiger partial charge in [0.1, 0.15) is 0 Å². The van der Waals surface area contributed by atoms with Crippen LogP contribution in [0.15, 0.2) is 12.3 Å². The summed E-state index contributed by atoms with van der Waals surface area (Å²) < 4.78 is 4.55. The Bertz CT molecular complexity index is 219. The van der Waals surface area contributed by atoms with Gasteiger partial charge in [0, 0.05) is 24.9 Å². The van der Waals surface area contributed by atoms with Gasteiger partial charge in [0.15, 0.2) is 0 Å². The first-order chi connectivity index (χ1) is 6.63. The summed E-state index contributed by atoms with van der Waals surface area (Å²) in [6.45, 7) is 5.38. The maximum absolute atomic E-state index is 10.9. The molecule has 1 fully saturated rings. The first-order valence-corrected chi connectivity index (χ1v) is 5.15. The van der Waals surface area contributed by atoms with E-state index >= 15 is 0 Å². The van der Waals surface area contributed by atoms with Gasteiger partial charge in [0.2, 0.25) is 0 Å². The van der Waals surface area contributed by atoms with Gasteiger partial charge in [-0.2, -0.15) is 0 Å². The molecule has 0 heterocycles. The lowest BCUT2D eigenvalue weighted by Gasteiger charge is -2.21. The van der Waals surface area contributed by atoms with E-state index in [4.69, 9.17) is 0 Å². The molecule has 0 atom stereocenters. The molecular weight excluding hydrogens is 178 g/mol. The number of methoxy groups -OCH3 is 1. The average molecular weight is 197 g/mol. The fourth-order valence-electron chi connectivity index (χ4n) is 1.38. The first kappa shape index (κ1) is 11.1. The van der Waals surface area contributed by atoms with Crippen molar-refractivity contribution in [3.63, 3.8) is 0 Å². The molecule has 80 valence electrons. The zero-order valence-electron chi connectivity index (χ0n) is 9.19. The first-order valence-electron chi connectivity index (χ1n) is 5.15. The van der Waals surface area contributed by atoms with E-state index < -0.39 is 0 Å². The highest BCUT2D eigenvalue weighted by Gasteiger charge is 2.27. The highest BCUT2D eigenvalue weighted by molar-refractivity contribution is 5.81. The highest BCUT2D eigenvalue weighted by Crippen LogP contribution is 2.27. The normalized spacial score (nSPS) is 16.3. The summed E-state index contributed by atoms with van der Waals surface area (Å²) >= 11 is 0. The minimum atomic E-state index is -0.278. The second-order valence-corrected chi connectivity index (χ2v) is 4.16. The molecule has 0 spiro atoms. The molecule has 3 heteroatoms. The molecule has 0 aromatic rings. The Labute approximate surface area is 85.7 Å². The zero-order chi connectivity index (χ0) is 10.6. The van der Waals surface area contributed by atoms with Crippen molar-refractivity contribution >= 4 is 5.97 Å². The van der Waals surface area contributed by atoms with E-state index in [0.717, 1.165) is 6.54 Å². The third-order valence-electron chi connectivity index (χ3n) is 2.20. The van der Waals surface area contributed by atoms with Gasteiger partial charge in [-0.05, 0) is 18.8 Å². The van der Waals surface area contributed by atoms with Crippen molar-refractivity contribution in [3.8, 4) is 0 Å². The van der Waals surface area contributed by atoms with Gasteiger partial charge in [0.05, 0.1) is 7.11 Å². The molecular formula is C11H19NO2. The van der Waals surface area contributed by atoms with Crippen LogP contribution in [0.1, 0.15) is 26.7 Å². The Morgan fingerprint density at radius 2 is 2.21 bits per heavy atom. The van der Waals surface area contributed by atoms with Crippen LogP contribution >= 0.6 is 0 Å². The lowest BCUT2D eigenvalue weighted by molar-refractivity contribution is -0.134. The minimum Gasteiger partial charge on any atom is -0.466 e. The van der Waals surface area contributed by atoms with Crippen molar-refractivity contribution in [2.45, 2.75) is 32.7 Å². The van der Waals surface area contributed by atoms with E-state index in [2.05, 4.69) is 23.5 Å². The van der Waals surface area contributed by atoms with Gasteiger partial charge in [-0.15, -0.1) is 0 Å². The summed E-state index contributed by atoms with van der Waals surface area (Å²) in [6, 6.07) is 0.651. The maximum atomic E-state index is 10.9. The van der Waals surface area contributed by atoms with Crippen LogP contribution in [-0.2, 0) is 9.53 Å². The number of rotatable bonds is 5. The third kappa shape index (κ3) is 3.81. The minimum absolute atomic E-state index is 0.278. The van der Waals surface area contributed by atoms with E-state index in [1.54, 1.807) is 0 Å². The van der Waals surface area contributed by atoms with Gasteiger partial charge in [-0.3, -0.25) is 0 Å². The molecule has 0 radical (unpaired) electrons. The van der Waals surface area contributed by atoms with Crippen LogP contribution in [0.25, 0.3) is 0 Å². The number of carbonyl (C=O) groups excluding carboxylic acids is 1. The fraction of sp³-hybridized carbons (Fsp3) is 0.727. The van der Waals surface area contributed by atoms with Crippen LogP contribution in [0.5, 0.6) is 0 Å². The zero-order valence-corrected chi connectivity index (χ0v) is 9.19. The van der Waals surface area contributed by atoms with Crippen LogP contribution in [-0.4, -0.2) is 30.6 Å². The molecule has 1 aliphatic rings. The van der Waals surface area contributed by atoms with E-state index in [1.165, 1.54) is 26.0 Å². The molecule has 0 aromatic heterocycles. The number of ether oxygens (including phenoxy) is 1. The Hall–Kier alpha value is -0.990. The van der Waals surface area contributed by atoms with Crippen LogP contribution in [0.4, 0.5) is 0 Å². The number of carbonyl (C=O) groups is 1. The second-order valence-electron chi connectivity index (χ2n) is 4.16. The smallest absolute Gasteiger partial charge is 0.331 e. The number of esters is 1. The third-order valence-corrected chi connectivity index (χ3v) is 2.20. The number of nitrogens with zero attached hydrogens (tertiary/aromatic N) is 1. The molecule has 1 rings (SSSR count). The monoisotopic (exact) mass is 197 g/mol. The Morgan fingerprint density at radius 1 is 1.57 bits per heavy atom. The molecule has 0 saturated heterocycles. The molecule has 0 N–H and O–H groups in total. The summed E-state index contributed by atoms with van der Waals surface area (Å²) in [7, 11) is 1.40. The van der Waals surface area contributed by atoms with Crippen LogP contribution in [0.3, 0.4) is 0 Å². The standard InChI is InChI=1S/C11H19NO2/c1-9(2)8-12(10-4-5-10)7-6-11(13)14-3/h6-7,9-10H,4-5,8H2,1-3H3. The predicted molar refractivity (Wildman–Crippen MR) is 55.7 cm³/mol. The molecule has 3 nitrogen and oxygen atoms in total. The quantitative estimate of drug-likeness (QED) is 0.497. The molecule has 0 unspecified atom stereocenters. The predicted octanol–water partition coefficient (Wildman–Crippen LogP) is 1.79. The van der Waals surface area contributed by atoms with Crippen molar-refractivity contribution in [2.75, 3.05) is 13.7 Å². The Morgan fingerprint density at radius 3 is 2.64 bits per heavy atom. The summed E-state index contributed by atoms with van der Waals surface area (Å²) in [5, 5.41) is 0. The van der Waals surface area contributed by atoms with Crippen molar-refractivity contribution in [2.24, 2.45) is 5.92 Å². The molecule has 0 aromatic carbocycles. The second kappa shape index (κ2) is 5.03. The SMILES string of the molecule is COC(=O)C=CN(CC(C)C)C1CC1. The van der Waals surface area contributed by atoms with Gasteiger partial charge >= 0.3 is 5.97 Å². The lowest BCUT2D eigenvalue weighted by Crippen LogP contribution is -2.24. The van der Waals surface area contributed by atoms with Crippen LogP contribution in [0, 0.1) is 5.92 Å². The van der Waals surface area contributed by atoms with Crippen molar-refractivity contribution in [1.82, 2.24) is 4.90 Å². The molecule has 1 aliphatic carbocycles. The summed E-state index contributed by atoms with van der Waals surface area (Å²) in [6.07, 6.45) is 5.86. The Balaban J connectivity index is 2.42. The average Bonchev–Trinajstić information content (AvgIpc) is 2.94. The topological polar surface area (TPSA) is 29.5 Å². The van der Waals surface area contributed by atoms with Gasteiger partial charge in [-0.25, -0.2) is 4.79 Å². The van der Waals surface area contributed by atoms with E-state index in [1.807, 2.05) is 6.20 Å².